The highest BCUT2D eigenvalue weighted by molar-refractivity contribution is 5.90. The lowest BCUT2D eigenvalue weighted by Crippen LogP contribution is -2.48. The molecule has 0 fully saturated rings. The van der Waals surface area contributed by atoms with Crippen molar-refractivity contribution in [3.05, 3.63) is 35.9 Å². The lowest BCUT2D eigenvalue weighted by molar-refractivity contribution is -0.159. The van der Waals surface area contributed by atoms with Crippen LogP contribution >= 0.6 is 0 Å². The predicted octanol–water partition coefficient (Wildman–Crippen LogP) is 0.372. The first-order valence-electron chi connectivity index (χ1n) is 9.78. The van der Waals surface area contributed by atoms with Crippen molar-refractivity contribution in [3.8, 4) is 0 Å². The van der Waals surface area contributed by atoms with Gasteiger partial charge in [0.05, 0.1) is 7.11 Å². The van der Waals surface area contributed by atoms with Gasteiger partial charge in [-0.25, -0.2) is 4.79 Å². The summed E-state index contributed by atoms with van der Waals surface area (Å²) >= 11 is 0. The highest BCUT2D eigenvalue weighted by atomic mass is 16.6. The van der Waals surface area contributed by atoms with Crippen molar-refractivity contribution < 1.29 is 38.2 Å². The van der Waals surface area contributed by atoms with E-state index in [1.54, 1.807) is 45.0 Å². The maximum atomic E-state index is 12.5. The molecule has 3 amide bonds. The molecule has 0 saturated carbocycles. The van der Waals surface area contributed by atoms with Crippen molar-refractivity contribution in [2.24, 2.45) is 0 Å². The minimum atomic E-state index is -0.838. The van der Waals surface area contributed by atoms with E-state index in [1.165, 1.54) is 0 Å². The van der Waals surface area contributed by atoms with Crippen molar-refractivity contribution >= 4 is 29.8 Å². The normalized spacial score (nSPS) is 10.5. The number of rotatable bonds is 10. The third-order valence-corrected chi connectivity index (χ3v) is 3.68. The van der Waals surface area contributed by atoms with Crippen molar-refractivity contribution in [1.82, 2.24) is 15.5 Å². The van der Waals surface area contributed by atoms with Crippen LogP contribution in [0.1, 0.15) is 26.3 Å². The lowest BCUT2D eigenvalue weighted by Gasteiger charge is -2.25. The molecule has 0 atom stereocenters. The molecule has 1 aromatic rings. The maximum absolute atomic E-state index is 12.5. The predicted molar refractivity (Wildman–Crippen MR) is 112 cm³/mol. The molecule has 0 aliphatic heterocycles. The van der Waals surface area contributed by atoms with Crippen LogP contribution in [0.5, 0.6) is 0 Å². The fourth-order valence-electron chi connectivity index (χ4n) is 2.27. The van der Waals surface area contributed by atoms with Crippen LogP contribution in [0.2, 0.25) is 0 Å². The molecule has 32 heavy (non-hydrogen) atoms. The average Bonchev–Trinajstić information content (AvgIpc) is 2.73. The molecule has 11 nitrogen and oxygen atoms in total. The van der Waals surface area contributed by atoms with Crippen molar-refractivity contribution in [3.63, 3.8) is 0 Å². The van der Waals surface area contributed by atoms with E-state index in [9.17, 15) is 24.0 Å². The van der Waals surface area contributed by atoms with Crippen LogP contribution in [0.15, 0.2) is 30.3 Å². The fourth-order valence-corrected chi connectivity index (χ4v) is 2.27. The van der Waals surface area contributed by atoms with Crippen molar-refractivity contribution in [2.45, 2.75) is 33.0 Å². The molecule has 176 valence electrons. The van der Waals surface area contributed by atoms with Crippen LogP contribution in [0, 0.1) is 0 Å². The Hall–Kier alpha value is -3.63. The summed E-state index contributed by atoms with van der Waals surface area (Å²) in [6, 6.07) is 8.95. The molecule has 0 radical (unpaired) electrons. The summed E-state index contributed by atoms with van der Waals surface area (Å²) in [7, 11) is 1.16. The number of methoxy groups -OCH3 is 1. The van der Waals surface area contributed by atoms with Gasteiger partial charge in [0.2, 0.25) is 11.8 Å². The number of benzene rings is 1. The Morgan fingerprint density at radius 1 is 0.906 bits per heavy atom. The third-order valence-electron chi connectivity index (χ3n) is 3.68. The monoisotopic (exact) mass is 451 g/mol. The number of ether oxygens (including phenoxy) is 3. The van der Waals surface area contributed by atoms with E-state index >= 15 is 0 Å². The van der Waals surface area contributed by atoms with Gasteiger partial charge < -0.3 is 29.7 Å². The summed E-state index contributed by atoms with van der Waals surface area (Å²) in [6.45, 7) is 3.02. The number of carbonyl (C=O) groups excluding carboxylic acids is 5. The van der Waals surface area contributed by atoms with Crippen molar-refractivity contribution in [1.29, 1.82) is 0 Å². The first-order chi connectivity index (χ1) is 15.0. The van der Waals surface area contributed by atoms with Crippen LogP contribution in [0.25, 0.3) is 0 Å². The van der Waals surface area contributed by atoms with Crippen LogP contribution in [0.3, 0.4) is 0 Å². The maximum Gasteiger partial charge on any atom is 0.407 e. The lowest BCUT2D eigenvalue weighted by atomic mass is 10.2. The molecule has 0 saturated heterocycles. The van der Waals surface area contributed by atoms with E-state index in [4.69, 9.17) is 9.47 Å². The summed E-state index contributed by atoms with van der Waals surface area (Å²) < 4.78 is 14.6. The second-order valence-electron chi connectivity index (χ2n) is 7.60. The zero-order chi connectivity index (χ0) is 24.1. The van der Waals surface area contributed by atoms with Gasteiger partial charge in [0.15, 0.2) is 0 Å². The molecule has 0 unspecified atom stereocenters. The minimum absolute atomic E-state index is 0.0123. The number of hydrogen-bond donors (Lipinski definition) is 2. The zero-order valence-corrected chi connectivity index (χ0v) is 18.6. The Balaban J connectivity index is 2.64. The fraction of sp³-hybridized carbons (Fsp3) is 0.476. The SMILES string of the molecule is COC(=O)CNC(=O)CN(CC(=O)OC(C)(C)C)C(=O)CNC(=O)OCc1ccccc1. The van der Waals surface area contributed by atoms with E-state index in [0.717, 1.165) is 17.6 Å². The van der Waals surface area contributed by atoms with Gasteiger partial charge in [-0.15, -0.1) is 0 Å². The van der Waals surface area contributed by atoms with Gasteiger partial charge >= 0.3 is 18.0 Å². The Bertz CT molecular complexity index is 805. The number of nitrogens with one attached hydrogen (secondary N) is 2. The minimum Gasteiger partial charge on any atom is -0.468 e. The first kappa shape index (κ1) is 26.4. The highest BCUT2D eigenvalue weighted by Gasteiger charge is 2.24. The smallest absolute Gasteiger partial charge is 0.407 e. The Morgan fingerprint density at radius 3 is 2.16 bits per heavy atom. The van der Waals surface area contributed by atoms with Crippen LogP contribution in [0.4, 0.5) is 4.79 Å². The quantitative estimate of drug-likeness (QED) is 0.384. The topological polar surface area (TPSA) is 140 Å². The Morgan fingerprint density at radius 2 is 1.56 bits per heavy atom. The molecule has 0 aliphatic carbocycles. The number of amides is 3. The van der Waals surface area contributed by atoms with Gasteiger partial charge in [0, 0.05) is 0 Å². The molecule has 0 bridgehead atoms. The number of hydrogen-bond acceptors (Lipinski definition) is 8. The van der Waals surface area contributed by atoms with E-state index in [1.807, 2.05) is 6.07 Å². The second kappa shape index (κ2) is 12.9. The summed E-state index contributed by atoms with van der Waals surface area (Å²) in [5.74, 6) is -2.83. The molecule has 1 aromatic carbocycles. The summed E-state index contributed by atoms with van der Waals surface area (Å²) in [6.07, 6.45) is -0.838. The van der Waals surface area contributed by atoms with E-state index in [-0.39, 0.29) is 6.61 Å². The number of alkyl carbamates (subject to hydrolysis) is 1. The average molecular weight is 451 g/mol. The molecule has 0 aliphatic rings. The number of carbonyl (C=O) groups is 5. The van der Waals surface area contributed by atoms with Crippen LogP contribution < -0.4 is 10.6 Å². The van der Waals surface area contributed by atoms with E-state index in [0.29, 0.717) is 0 Å². The number of esters is 2. The molecular formula is C21H29N3O8. The van der Waals surface area contributed by atoms with Gasteiger partial charge in [0.1, 0.15) is 38.4 Å². The number of nitrogens with zero attached hydrogens (tertiary/aromatic N) is 1. The van der Waals surface area contributed by atoms with Crippen LogP contribution in [-0.4, -0.2) is 73.6 Å². The molecule has 0 heterocycles. The van der Waals surface area contributed by atoms with Gasteiger partial charge in [-0.3, -0.25) is 19.2 Å². The van der Waals surface area contributed by atoms with Gasteiger partial charge in [0.25, 0.3) is 0 Å². The third kappa shape index (κ3) is 11.5. The molecule has 0 spiro atoms. The van der Waals surface area contributed by atoms with Crippen LogP contribution in [-0.2, 0) is 40.0 Å². The zero-order valence-electron chi connectivity index (χ0n) is 18.6. The van der Waals surface area contributed by atoms with Gasteiger partial charge in [-0.05, 0) is 26.3 Å². The molecular weight excluding hydrogens is 422 g/mol. The first-order valence-corrected chi connectivity index (χ1v) is 9.78. The molecule has 1 rings (SSSR count). The Kier molecular flexibility index (Phi) is 10.7. The van der Waals surface area contributed by atoms with E-state index < -0.39 is 61.6 Å². The molecule has 0 aromatic heterocycles. The summed E-state index contributed by atoms with van der Waals surface area (Å²) in [5.41, 5.74) is -0.0267. The molecule has 2 N–H and O–H groups in total. The van der Waals surface area contributed by atoms with Crippen molar-refractivity contribution in [2.75, 3.05) is 33.3 Å². The largest absolute Gasteiger partial charge is 0.468 e. The summed E-state index contributed by atoms with van der Waals surface area (Å²) in [5, 5.41) is 4.55. The van der Waals surface area contributed by atoms with E-state index in [2.05, 4.69) is 15.4 Å². The van der Waals surface area contributed by atoms with Gasteiger partial charge in [-0.1, -0.05) is 30.3 Å². The highest BCUT2D eigenvalue weighted by Crippen LogP contribution is 2.07. The summed E-state index contributed by atoms with van der Waals surface area (Å²) in [4.78, 5) is 60.6. The Labute approximate surface area is 186 Å². The molecule has 11 heteroatoms. The standard InChI is InChI=1S/C21H29N3O8/c1-21(2,3)32-19(28)13-24(12-16(25)22-11-18(27)30-4)17(26)10-23-20(29)31-14-15-8-6-5-7-9-15/h5-9H,10-14H2,1-4H3,(H,22,25)(H,23,29). The van der Waals surface area contributed by atoms with Gasteiger partial charge in [-0.2, -0.15) is 0 Å². The second-order valence-corrected chi connectivity index (χ2v) is 7.60.